The summed E-state index contributed by atoms with van der Waals surface area (Å²) in [7, 11) is 0. The van der Waals surface area contributed by atoms with E-state index in [1.54, 1.807) is 0 Å². The second kappa shape index (κ2) is 6.34. The van der Waals surface area contributed by atoms with E-state index in [-0.39, 0.29) is 0 Å². The largest absolute Gasteiger partial charge is 0.284 e. The molecule has 1 aliphatic rings. The van der Waals surface area contributed by atoms with E-state index >= 15 is 0 Å². The Morgan fingerprint density at radius 3 is 2.55 bits per heavy atom. The summed E-state index contributed by atoms with van der Waals surface area (Å²) < 4.78 is 4.83. The molecule has 118 valence electrons. The molecule has 5 heteroatoms. The summed E-state index contributed by atoms with van der Waals surface area (Å²) in [5.74, 6) is 1.79. The Morgan fingerprint density at radius 2 is 1.86 bits per heavy atom. The number of hydrogen-bond acceptors (Lipinski definition) is 3. The summed E-state index contributed by atoms with van der Waals surface area (Å²) in [5.41, 5.74) is 2.34. The first-order chi connectivity index (χ1) is 10.6. The van der Waals surface area contributed by atoms with E-state index < -0.39 is 0 Å². The minimum absolute atomic E-state index is 0.783. The van der Waals surface area contributed by atoms with E-state index in [1.165, 1.54) is 18.4 Å². The third-order valence-corrected chi connectivity index (χ3v) is 4.96. The molecule has 0 saturated carbocycles. The second-order valence-corrected chi connectivity index (χ2v) is 6.76. The molecular formula is C17H24N4S. The van der Waals surface area contributed by atoms with Gasteiger partial charge in [0.1, 0.15) is 5.82 Å². The van der Waals surface area contributed by atoms with Crippen molar-refractivity contribution in [3.05, 3.63) is 40.4 Å². The minimum Gasteiger partial charge on any atom is -0.284 e. The molecule has 0 atom stereocenters. The molecule has 0 bridgehead atoms. The highest BCUT2D eigenvalue weighted by molar-refractivity contribution is 7.71. The van der Waals surface area contributed by atoms with E-state index in [4.69, 9.17) is 12.2 Å². The summed E-state index contributed by atoms with van der Waals surface area (Å²) in [4.78, 5) is 2.45. The summed E-state index contributed by atoms with van der Waals surface area (Å²) in [5, 5.41) is 4.67. The number of benzene rings is 1. The fourth-order valence-electron chi connectivity index (χ4n) is 3.09. The molecule has 0 spiro atoms. The number of likely N-dealkylation sites (tertiary alicyclic amines) is 1. The van der Waals surface area contributed by atoms with Gasteiger partial charge in [0.2, 0.25) is 4.77 Å². The molecule has 3 rings (SSSR count). The molecule has 22 heavy (non-hydrogen) atoms. The Hall–Kier alpha value is -1.46. The van der Waals surface area contributed by atoms with Crippen LogP contribution in [0, 0.1) is 24.5 Å². The van der Waals surface area contributed by atoms with Crippen LogP contribution < -0.4 is 0 Å². The fraction of sp³-hybridized carbons (Fsp3) is 0.529. The van der Waals surface area contributed by atoms with Gasteiger partial charge in [0.05, 0.1) is 12.4 Å². The zero-order chi connectivity index (χ0) is 15.7. The first-order valence-corrected chi connectivity index (χ1v) is 8.42. The van der Waals surface area contributed by atoms with Crippen LogP contribution in [0.4, 0.5) is 0 Å². The molecule has 1 aromatic carbocycles. The lowest BCUT2D eigenvalue weighted by Crippen LogP contribution is -2.34. The predicted molar refractivity (Wildman–Crippen MR) is 91.8 cm³/mol. The maximum absolute atomic E-state index is 5.68. The Kier molecular flexibility index (Phi) is 4.45. The molecule has 0 N–H and O–H groups in total. The van der Waals surface area contributed by atoms with Gasteiger partial charge >= 0.3 is 0 Å². The average molecular weight is 316 g/mol. The van der Waals surface area contributed by atoms with Gasteiger partial charge in [-0.2, -0.15) is 5.10 Å². The van der Waals surface area contributed by atoms with Gasteiger partial charge in [0.15, 0.2) is 0 Å². The molecule has 0 aliphatic carbocycles. The number of aryl methyl sites for hydroxylation is 2. The van der Waals surface area contributed by atoms with E-state index in [0.717, 1.165) is 42.0 Å². The monoisotopic (exact) mass is 316 g/mol. The van der Waals surface area contributed by atoms with E-state index in [0.29, 0.717) is 0 Å². The lowest BCUT2D eigenvalue weighted by molar-refractivity contribution is 0.146. The van der Waals surface area contributed by atoms with Gasteiger partial charge in [-0.15, -0.1) is 0 Å². The first kappa shape index (κ1) is 15.4. The van der Waals surface area contributed by atoms with Gasteiger partial charge in [-0.05, 0) is 56.5 Å². The fourth-order valence-corrected chi connectivity index (χ4v) is 3.42. The maximum atomic E-state index is 5.68. The average Bonchev–Trinajstić information content (AvgIpc) is 2.77. The van der Waals surface area contributed by atoms with Crippen LogP contribution in [0.25, 0.3) is 5.69 Å². The van der Waals surface area contributed by atoms with Crippen molar-refractivity contribution < 1.29 is 0 Å². The second-order valence-electron chi connectivity index (χ2n) is 6.39. The lowest BCUT2D eigenvalue weighted by Gasteiger charge is -2.29. The predicted octanol–water partition coefficient (Wildman–Crippen LogP) is 3.71. The molecule has 0 radical (unpaired) electrons. The van der Waals surface area contributed by atoms with Gasteiger partial charge in [-0.25, -0.2) is 4.68 Å². The molecule has 1 aliphatic heterocycles. The van der Waals surface area contributed by atoms with Crippen molar-refractivity contribution in [2.24, 2.45) is 5.92 Å². The standard InChI is InChI=1S/C17H24N4S/c1-13-8-10-19(11-9-13)12-20-17(22)21(15(3)18-20)16-7-5-4-6-14(16)2/h4-7,13H,8-12H2,1-3H3. The Labute approximate surface area is 137 Å². The quantitative estimate of drug-likeness (QED) is 0.807. The summed E-state index contributed by atoms with van der Waals surface area (Å²) >= 11 is 5.68. The zero-order valence-corrected chi connectivity index (χ0v) is 14.4. The van der Waals surface area contributed by atoms with Crippen LogP contribution >= 0.6 is 12.2 Å². The van der Waals surface area contributed by atoms with Crippen molar-refractivity contribution in [1.29, 1.82) is 0 Å². The van der Waals surface area contributed by atoms with Gasteiger partial charge in [0.25, 0.3) is 0 Å². The topological polar surface area (TPSA) is 26.0 Å². The van der Waals surface area contributed by atoms with Gasteiger partial charge in [-0.3, -0.25) is 9.47 Å². The number of rotatable bonds is 3. The van der Waals surface area contributed by atoms with E-state index in [9.17, 15) is 0 Å². The third-order valence-electron chi connectivity index (χ3n) is 4.57. The molecular weight excluding hydrogens is 292 g/mol. The number of nitrogens with zero attached hydrogens (tertiary/aromatic N) is 4. The summed E-state index contributed by atoms with van der Waals surface area (Å²) in [6, 6.07) is 8.32. The van der Waals surface area contributed by atoms with Crippen molar-refractivity contribution >= 4 is 12.2 Å². The number of aromatic nitrogens is 3. The van der Waals surface area contributed by atoms with Gasteiger partial charge in [0, 0.05) is 13.1 Å². The lowest BCUT2D eigenvalue weighted by atomic mass is 10.00. The molecule has 1 saturated heterocycles. The number of para-hydroxylation sites is 1. The van der Waals surface area contributed by atoms with Crippen molar-refractivity contribution in [2.75, 3.05) is 13.1 Å². The van der Waals surface area contributed by atoms with E-state index in [1.807, 2.05) is 17.7 Å². The number of hydrogen-bond donors (Lipinski definition) is 0. The highest BCUT2D eigenvalue weighted by atomic mass is 32.1. The highest BCUT2D eigenvalue weighted by Gasteiger charge is 2.18. The molecule has 2 aromatic rings. The summed E-state index contributed by atoms with van der Waals surface area (Å²) in [6.07, 6.45) is 2.54. The molecule has 1 fully saturated rings. The molecule has 0 unspecified atom stereocenters. The SMILES string of the molecule is Cc1ccccc1-n1c(C)nn(CN2CCC(C)CC2)c1=S. The van der Waals surface area contributed by atoms with E-state index in [2.05, 4.69) is 46.6 Å². The Bertz CT molecular complexity index is 708. The smallest absolute Gasteiger partial charge is 0.203 e. The van der Waals surface area contributed by atoms with Crippen molar-refractivity contribution in [3.63, 3.8) is 0 Å². The molecule has 2 heterocycles. The maximum Gasteiger partial charge on any atom is 0.203 e. The van der Waals surface area contributed by atoms with Crippen LogP contribution in [0.5, 0.6) is 0 Å². The normalized spacial score (nSPS) is 17.0. The molecule has 0 amide bonds. The van der Waals surface area contributed by atoms with Crippen LogP contribution in [0.15, 0.2) is 24.3 Å². The summed E-state index contributed by atoms with van der Waals surface area (Å²) in [6.45, 7) is 9.54. The van der Waals surface area contributed by atoms with Crippen LogP contribution in [-0.4, -0.2) is 32.3 Å². The highest BCUT2D eigenvalue weighted by Crippen LogP contribution is 2.19. The van der Waals surface area contributed by atoms with Crippen molar-refractivity contribution in [1.82, 2.24) is 19.2 Å². The molecule has 4 nitrogen and oxygen atoms in total. The van der Waals surface area contributed by atoms with Crippen LogP contribution in [0.2, 0.25) is 0 Å². The Morgan fingerprint density at radius 1 is 1.18 bits per heavy atom. The van der Waals surface area contributed by atoms with Crippen LogP contribution in [0.3, 0.4) is 0 Å². The Balaban J connectivity index is 1.88. The van der Waals surface area contributed by atoms with Crippen LogP contribution in [0.1, 0.15) is 31.2 Å². The van der Waals surface area contributed by atoms with Gasteiger partial charge < -0.3 is 0 Å². The van der Waals surface area contributed by atoms with Crippen LogP contribution in [-0.2, 0) is 6.67 Å². The minimum atomic E-state index is 0.783. The van der Waals surface area contributed by atoms with Gasteiger partial charge in [-0.1, -0.05) is 25.1 Å². The zero-order valence-electron chi connectivity index (χ0n) is 13.6. The number of piperidine rings is 1. The third kappa shape index (κ3) is 3.01. The van der Waals surface area contributed by atoms with Crippen molar-refractivity contribution in [3.8, 4) is 5.69 Å². The van der Waals surface area contributed by atoms with Crippen molar-refractivity contribution in [2.45, 2.75) is 40.3 Å². The first-order valence-electron chi connectivity index (χ1n) is 8.01. The molecule has 1 aromatic heterocycles.